The average Bonchev–Trinajstić information content (AvgIpc) is 2.83. The van der Waals surface area contributed by atoms with Gasteiger partial charge in [0, 0.05) is 6.42 Å². The van der Waals surface area contributed by atoms with Gasteiger partial charge in [0.15, 0.2) is 5.78 Å². The maximum atomic E-state index is 11.7. The number of allylic oxidation sites excluding steroid dienone is 1. The van der Waals surface area contributed by atoms with Crippen molar-refractivity contribution in [1.82, 2.24) is 0 Å². The molecule has 1 N–H and O–H groups in total. The van der Waals surface area contributed by atoms with Crippen molar-refractivity contribution in [3.8, 4) is 0 Å². The van der Waals surface area contributed by atoms with Gasteiger partial charge in [-0.15, -0.1) is 6.58 Å². The van der Waals surface area contributed by atoms with E-state index >= 15 is 0 Å². The summed E-state index contributed by atoms with van der Waals surface area (Å²) in [5.74, 6) is 3.14. The molecule has 3 saturated carbocycles. The van der Waals surface area contributed by atoms with Crippen LogP contribution in [0.5, 0.6) is 0 Å². The van der Waals surface area contributed by atoms with Gasteiger partial charge >= 0.3 is 0 Å². The molecular weight excluding hydrogens is 272 g/mol. The van der Waals surface area contributed by atoms with E-state index in [9.17, 15) is 9.90 Å². The Morgan fingerprint density at radius 2 is 2.14 bits per heavy atom. The highest BCUT2D eigenvalue weighted by atomic mass is 16.3. The Hall–Kier alpha value is -0.890. The van der Waals surface area contributed by atoms with Crippen LogP contribution in [0.3, 0.4) is 0 Å². The monoisotopic (exact) mass is 300 g/mol. The molecule has 7 atom stereocenters. The Kier molecular flexibility index (Phi) is 3.38. The van der Waals surface area contributed by atoms with Crippen LogP contribution in [0.25, 0.3) is 0 Å². The van der Waals surface area contributed by atoms with E-state index < -0.39 is 0 Å². The van der Waals surface area contributed by atoms with E-state index in [2.05, 4.69) is 19.6 Å². The minimum atomic E-state index is -0.244. The minimum Gasteiger partial charge on any atom is -0.392 e. The third-order valence-corrected chi connectivity index (χ3v) is 7.67. The second-order valence-corrected chi connectivity index (χ2v) is 8.41. The predicted octanol–water partition coefficient (Wildman–Crippen LogP) is 3.90. The number of fused-ring (bicyclic) bond motifs is 5. The normalized spacial score (nSPS) is 50.6. The standard InChI is InChI=1S/C20H28O2/c1-3-13-4-7-17-19-16(8-9-20(13,17)2)15-6-5-14(21)10-12(15)11-18(19)22/h3,10,13,15-19,22H,1,4-9,11H2,2H3/t13-,15-,16+,17-,18?,19+,20+/m0/s1. The Bertz CT molecular complexity index is 534. The van der Waals surface area contributed by atoms with E-state index in [-0.39, 0.29) is 11.9 Å². The molecule has 1 unspecified atom stereocenters. The highest BCUT2D eigenvalue weighted by Crippen LogP contribution is 2.63. The summed E-state index contributed by atoms with van der Waals surface area (Å²) in [5.41, 5.74) is 1.60. The molecule has 2 nitrogen and oxygen atoms in total. The zero-order valence-electron chi connectivity index (χ0n) is 13.6. The largest absolute Gasteiger partial charge is 0.392 e. The first-order valence-electron chi connectivity index (χ1n) is 9.08. The number of carbonyl (C=O) groups excluding carboxylic acids is 1. The van der Waals surface area contributed by atoms with Gasteiger partial charge in [-0.2, -0.15) is 0 Å². The van der Waals surface area contributed by atoms with Crippen LogP contribution in [-0.2, 0) is 4.79 Å². The molecule has 120 valence electrons. The summed E-state index contributed by atoms with van der Waals surface area (Å²) in [6.45, 7) is 6.51. The van der Waals surface area contributed by atoms with E-state index in [0.29, 0.717) is 41.4 Å². The maximum Gasteiger partial charge on any atom is 0.155 e. The van der Waals surface area contributed by atoms with E-state index in [0.717, 1.165) is 12.8 Å². The molecule has 0 saturated heterocycles. The van der Waals surface area contributed by atoms with Crippen molar-refractivity contribution in [2.75, 3.05) is 0 Å². The van der Waals surface area contributed by atoms with Gasteiger partial charge in [0.05, 0.1) is 6.10 Å². The lowest BCUT2D eigenvalue weighted by molar-refractivity contribution is -0.117. The van der Waals surface area contributed by atoms with Gasteiger partial charge in [-0.25, -0.2) is 0 Å². The summed E-state index contributed by atoms with van der Waals surface area (Å²) >= 11 is 0. The molecular formula is C20H28O2. The number of rotatable bonds is 1. The zero-order chi connectivity index (χ0) is 15.5. The predicted molar refractivity (Wildman–Crippen MR) is 87.2 cm³/mol. The van der Waals surface area contributed by atoms with Crippen LogP contribution in [0.1, 0.15) is 51.9 Å². The van der Waals surface area contributed by atoms with Crippen LogP contribution >= 0.6 is 0 Å². The van der Waals surface area contributed by atoms with Gasteiger partial charge in [-0.3, -0.25) is 4.79 Å². The molecule has 0 spiro atoms. The number of carbonyl (C=O) groups is 1. The number of hydrogen-bond acceptors (Lipinski definition) is 2. The third-order valence-electron chi connectivity index (χ3n) is 7.67. The zero-order valence-corrected chi connectivity index (χ0v) is 13.6. The van der Waals surface area contributed by atoms with Crippen molar-refractivity contribution in [2.24, 2.45) is 35.0 Å². The van der Waals surface area contributed by atoms with Crippen molar-refractivity contribution in [3.05, 3.63) is 24.3 Å². The summed E-state index contributed by atoms with van der Waals surface area (Å²) in [7, 11) is 0. The summed E-state index contributed by atoms with van der Waals surface area (Å²) in [6.07, 6.45) is 11.2. The average molecular weight is 300 g/mol. The first-order chi connectivity index (χ1) is 10.5. The number of aliphatic hydroxyl groups is 1. The number of aliphatic hydroxyl groups excluding tert-OH is 1. The maximum absolute atomic E-state index is 11.7. The van der Waals surface area contributed by atoms with Gasteiger partial charge in [0.2, 0.25) is 0 Å². The highest BCUT2D eigenvalue weighted by molar-refractivity contribution is 5.91. The fraction of sp³-hybridized carbons (Fsp3) is 0.750. The first kappa shape index (κ1) is 14.7. The first-order valence-corrected chi connectivity index (χ1v) is 9.08. The smallest absolute Gasteiger partial charge is 0.155 e. The van der Waals surface area contributed by atoms with E-state index in [4.69, 9.17) is 0 Å². The minimum absolute atomic E-state index is 0.244. The highest BCUT2D eigenvalue weighted by Gasteiger charge is 2.57. The Balaban J connectivity index is 1.67. The lowest BCUT2D eigenvalue weighted by Crippen LogP contribution is -2.51. The molecule has 4 rings (SSSR count). The molecule has 0 aliphatic heterocycles. The summed E-state index contributed by atoms with van der Waals surface area (Å²) < 4.78 is 0. The Labute approximate surface area is 133 Å². The van der Waals surface area contributed by atoms with E-state index in [1.807, 2.05) is 6.08 Å². The van der Waals surface area contributed by atoms with E-state index in [1.54, 1.807) is 0 Å². The lowest BCUT2D eigenvalue weighted by Gasteiger charge is -2.55. The van der Waals surface area contributed by atoms with Crippen molar-refractivity contribution in [1.29, 1.82) is 0 Å². The Morgan fingerprint density at radius 3 is 2.91 bits per heavy atom. The quantitative estimate of drug-likeness (QED) is 0.746. The molecule has 22 heavy (non-hydrogen) atoms. The molecule has 4 aliphatic carbocycles. The lowest BCUT2D eigenvalue weighted by atomic mass is 9.50. The second kappa shape index (κ2) is 5.06. The number of hydrogen-bond donors (Lipinski definition) is 1. The van der Waals surface area contributed by atoms with Crippen LogP contribution in [-0.4, -0.2) is 17.0 Å². The molecule has 0 amide bonds. The fourth-order valence-electron chi connectivity index (χ4n) is 6.62. The fourth-order valence-corrected chi connectivity index (χ4v) is 6.62. The molecule has 0 aromatic carbocycles. The van der Waals surface area contributed by atoms with Crippen molar-refractivity contribution >= 4 is 5.78 Å². The van der Waals surface area contributed by atoms with Crippen LogP contribution in [0.15, 0.2) is 24.3 Å². The van der Waals surface area contributed by atoms with Crippen molar-refractivity contribution in [3.63, 3.8) is 0 Å². The molecule has 4 aliphatic rings. The number of ketones is 1. The topological polar surface area (TPSA) is 37.3 Å². The molecule has 0 aromatic heterocycles. The van der Waals surface area contributed by atoms with E-state index in [1.165, 1.54) is 31.3 Å². The summed E-state index contributed by atoms with van der Waals surface area (Å²) in [4.78, 5) is 11.7. The van der Waals surface area contributed by atoms with Gasteiger partial charge < -0.3 is 5.11 Å². The van der Waals surface area contributed by atoms with Gasteiger partial charge in [0.25, 0.3) is 0 Å². The van der Waals surface area contributed by atoms with Gasteiger partial charge in [0.1, 0.15) is 0 Å². The molecule has 0 radical (unpaired) electrons. The van der Waals surface area contributed by atoms with Gasteiger partial charge in [-0.05, 0) is 79.6 Å². The third kappa shape index (κ3) is 1.92. The summed E-state index contributed by atoms with van der Waals surface area (Å²) in [6, 6.07) is 0. The molecule has 3 fully saturated rings. The second-order valence-electron chi connectivity index (χ2n) is 8.41. The van der Waals surface area contributed by atoms with Crippen LogP contribution in [0, 0.1) is 35.0 Å². The van der Waals surface area contributed by atoms with Crippen LogP contribution in [0.2, 0.25) is 0 Å². The van der Waals surface area contributed by atoms with Crippen molar-refractivity contribution in [2.45, 2.75) is 58.0 Å². The van der Waals surface area contributed by atoms with Gasteiger partial charge in [-0.1, -0.05) is 18.6 Å². The molecule has 0 heterocycles. The Morgan fingerprint density at radius 1 is 1.32 bits per heavy atom. The van der Waals surface area contributed by atoms with Crippen molar-refractivity contribution < 1.29 is 9.90 Å². The molecule has 0 bridgehead atoms. The summed E-state index contributed by atoms with van der Waals surface area (Å²) in [5, 5.41) is 10.9. The SMILES string of the molecule is C=C[C@H]1CC[C@H]2[C@@H]3C(O)CC4=CC(=O)CC[C@@H]4[C@H]3CC[C@]12C. The van der Waals surface area contributed by atoms with Crippen LogP contribution in [0.4, 0.5) is 0 Å². The van der Waals surface area contributed by atoms with Crippen LogP contribution < -0.4 is 0 Å². The molecule has 0 aromatic rings. The molecule has 2 heteroatoms.